The number of aliphatic hydroxyl groups is 1. The Morgan fingerprint density at radius 3 is 2.75 bits per heavy atom. The molecule has 0 aliphatic rings. The highest BCUT2D eigenvalue weighted by Crippen LogP contribution is 2.30. The van der Waals surface area contributed by atoms with Gasteiger partial charge in [0.15, 0.2) is 0 Å². The first-order valence-electron chi connectivity index (χ1n) is 5.79. The molecule has 1 aromatic rings. The number of rotatable bonds is 6. The summed E-state index contributed by atoms with van der Waals surface area (Å²) in [5, 5.41) is 12.2. The molecule has 1 heterocycles. The molecule has 16 heavy (non-hydrogen) atoms. The van der Waals surface area contributed by atoms with E-state index in [4.69, 9.17) is 4.74 Å². The van der Waals surface area contributed by atoms with Crippen molar-refractivity contribution in [3.63, 3.8) is 0 Å². The Bertz CT molecular complexity index is 317. The summed E-state index contributed by atoms with van der Waals surface area (Å²) in [7, 11) is 1.72. The molecule has 0 saturated heterocycles. The molecule has 1 atom stereocenters. The van der Waals surface area contributed by atoms with Crippen LogP contribution in [-0.4, -0.2) is 17.8 Å². The predicted molar refractivity (Wildman–Crippen MR) is 69.0 cm³/mol. The summed E-state index contributed by atoms with van der Waals surface area (Å²) in [4.78, 5) is 1.12. The molecule has 3 heteroatoms. The number of methoxy groups -OCH3 is 1. The molecule has 0 bridgehead atoms. The molecule has 2 nitrogen and oxygen atoms in total. The van der Waals surface area contributed by atoms with Crippen LogP contribution >= 0.6 is 11.3 Å². The van der Waals surface area contributed by atoms with Crippen LogP contribution in [0, 0.1) is 0 Å². The fraction of sp³-hybridized carbons (Fsp3) is 0.692. The van der Waals surface area contributed by atoms with Crippen molar-refractivity contribution in [1.29, 1.82) is 0 Å². The molecule has 0 aliphatic carbocycles. The fourth-order valence-electron chi connectivity index (χ4n) is 1.65. The van der Waals surface area contributed by atoms with E-state index in [0.717, 1.165) is 24.1 Å². The number of aliphatic hydroxyl groups excluding tert-OH is 1. The third-order valence-corrected chi connectivity index (χ3v) is 4.10. The van der Waals surface area contributed by atoms with Crippen molar-refractivity contribution in [1.82, 2.24) is 0 Å². The highest BCUT2D eigenvalue weighted by atomic mass is 32.1. The zero-order valence-electron chi connectivity index (χ0n) is 10.6. The minimum atomic E-state index is -0.343. The van der Waals surface area contributed by atoms with Crippen LogP contribution in [-0.2, 0) is 11.2 Å². The van der Waals surface area contributed by atoms with Gasteiger partial charge in [-0.1, -0.05) is 6.92 Å². The van der Waals surface area contributed by atoms with Gasteiger partial charge in [-0.2, -0.15) is 0 Å². The third-order valence-electron chi connectivity index (χ3n) is 3.04. The Morgan fingerprint density at radius 1 is 1.50 bits per heavy atom. The molecular weight excluding hydrogens is 220 g/mol. The largest absolute Gasteiger partial charge is 0.388 e. The van der Waals surface area contributed by atoms with Gasteiger partial charge in [0.1, 0.15) is 0 Å². The predicted octanol–water partition coefficient (Wildman–Crippen LogP) is 3.55. The van der Waals surface area contributed by atoms with Gasteiger partial charge >= 0.3 is 0 Å². The van der Waals surface area contributed by atoms with Gasteiger partial charge in [-0.15, -0.1) is 11.3 Å². The first kappa shape index (κ1) is 13.7. The molecule has 0 aromatic carbocycles. The van der Waals surface area contributed by atoms with Crippen LogP contribution in [0.15, 0.2) is 11.4 Å². The van der Waals surface area contributed by atoms with Crippen LogP contribution in [0.4, 0.5) is 0 Å². The second kappa shape index (κ2) is 5.80. The van der Waals surface area contributed by atoms with Gasteiger partial charge in [0.25, 0.3) is 0 Å². The molecule has 1 unspecified atom stereocenters. The lowest BCUT2D eigenvalue weighted by Crippen LogP contribution is -2.23. The van der Waals surface area contributed by atoms with Gasteiger partial charge in [-0.25, -0.2) is 0 Å². The number of aryl methyl sites for hydroxylation is 1. The number of hydrogen-bond donors (Lipinski definition) is 1. The third kappa shape index (κ3) is 3.58. The van der Waals surface area contributed by atoms with E-state index < -0.39 is 0 Å². The molecule has 1 aromatic heterocycles. The van der Waals surface area contributed by atoms with Crippen molar-refractivity contribution in [2.45, 2.75) is 51.7 Å². The van der Waals surface area contributed by atoms with Crippen molar-refractivity contribution in [2.24, 2.45) is 0 Å². The molecule has 92 valence electrons. The standard InChI is InChI=1S/C13H22O2S/c1-5-10-7-9-16-12(10)11(14)6-8-13(2,3)15-4/h7,9,11,14H,5-6,8H2,1-4H3. The smallest absolute Gasteiger partial charge is 0.0885 e. The SMILES string of the molecule is CCc1ccsc1C(O)CCC(C)(C)OC. The highest BCUT2D eigenvalue weighted by molar-refractivity contribution is 7.10. The average molecular weight is 242 g/mol. The summed E-state index contributed by atoms with van der Waals surface area (Å²) in [6.45, 7) is 6.22. The monoisotopic (exact) mass is 242 g/mol. The van der Waals surface area contributed by atoms with Crippen LogP contribution in [0.1, 0.15) is 50.2 Å². The Balaban J connectivity index is 2.56. The van der Waals surface area contributed by atoms with Crippen molar-refractivity contribution in [2.75, 3.05) is 7.11 Å². The summed E-state index contributed by atoms with van der Waals surface area (Å²) in [6.07, 6.45) is 2.27. The average Bonchev–Trinajstić information content (AvgIpc) is 2.74. The van der Waals surface area contributed by atoms with Gasteiger partial charge < -0.3 is 9.84 Å². The molecule has 0 radical (unpaired) electrons. The number of ether oxygens (including phenoxy) is 1. The maximum absolute atomic E-state index is 10.1. The maximum atomic E-state index is 10.1. The van der Waals surface area contributed by atoms with Gasteiger partial charge in [0.2, 0.25) is 0 Å². The minimum Gasteiger partial charge on any atom is -0.388 e. The summed E-state index contributed by atoms with van der Waals surface area (Å²) in [5.74, 6) is 0. The summed E-state index contributed by atoms with van der Waals surface area (Å²) in [6, 6.07) is 2.10. The van der Waals surface area contributed by atoms with Crippen LogP contribution in [0.3, 0.4) is 0 Å². The molecule has 1 N–H and O–H groups in total. The quantitative estimate of drug-likeness (QED) is 0.826. The van der Waals surface area contributed by atoms with E-state index in [1.54, 1.807) is 18.4 Å². The highest BCUT2D eigenvalue weighted by Gasteiger charge is 2.20. The van der Waals surface area contributed by atoms with Crippen LogP contribution in [0.25, 0.3) is 0 Å². The number of hydrogen-bond acceptors (Lipinski definition) is 3. The van der Waals surface area contributed by atoms with E-state index in [1.807, 2.05) is 0 Å². The van der Waals surface area contributed by atoms with Crippen molar-refractivity contribution in [3.8, 4) is 0 Å². The van der Waals surface area contributed by atoms with Gasteiger partial charge in [0, 0.05) is 12.0 Å². The van der Waals surface area contributed by atoms with E-state index in [9.17, 15) is 5.11 Å². The molecule has 0 saturated carbocycles. The molecule has 0 spiro atoms. The van der Waals surface area contributed by atoms with Gasteiger partial charge in [-0.3, -0.25) is 0 Å². The zero-order chi connectivity index (χ0) is 12.2. The van der Waals surface area contributed by atoms with E-state index in [-0.39, 0.29) is 11.7 Å². The van der Waals surface area contributed by atoms with E-state index in [2.05, 4.69) is 32.2 Å². The Labute approximate surface area is 102 Å². The molecule has 1 rings (SSSR count). The minimum absolute atomic E-state index is 0.148. The topological polar surface area (TPSA) is 29.5 Å². The number of thiophene rings is 1. The molecular formula is C13H22O2S. The second-order valence-corrected chi connectivity index (χ2v) is 5.63. The zero-order valence-corrected chi connectivity index (χ0v) is 11.4. The molecule has 0 aliphatic heterocycles. The van der Waals surface area contributed by atoms with E-state index in [1.165, 1.54) is 5.56 Å². The van der Waals surface area contributed by atoms with Crippen LogP contribution < -0.4 is 0 Å². The van der Waals surface area contributed by atoms with Gasteiger partial charge in [0.05, 0.1) is 11.7 Å². The van der Waals surface area contributed by atoms with E-state index in [0.29, 0.717) is 0 Å². The van der Waals surface area contributed by atoms with Gasteiger partial charge in [-0.05, 0) is 50.1 Å². The van der Waals surface area contributed by atoms with Crippen molar-refractivity contribution >= 4 is 11.3 Å². The van der Waals surface area contributed by atoms with Crippen LogP contribution in [0.2, 0.25) is 0 Å². The second-order valence-electron chi connectivity index (χ2n) is 4.68. The summed E-state index contributed by atoms with van der Waals surface area (Å²) < 4.78 is 5.35. The first-order valence-corrected chi connectivity index (χ1v) is 6.67. The molecule has 0 fully saturated rings. The lowest BCUT2D eigenvalue weighted by Gasteiger charge is -2.24. The summed E-state index contributed by atoms with van der Waals surface area (Å²) >= 11 is 1.65. The first-order chi connectivity index (χ1) is 7.50. The maximum Gasteiger partial charge on any atom is 0.0885 e. The lowest BCUT2D eigenvalue weighted by molar-refractivity contribution is 0.00303. The van der Waals surface area contributed by atoms with Crippen molar-refractivity contribution < 1.29 is 9.84 Å². The Morgan fingerprint density at radius 2 is 2.19 bits per heavy atom. The Hall–Kier alpha value is -0.380. The van der Waals surface area contributed by atoms with E-state index >= 15 is 0 Å². The Kier molecular flexibility index (Phi) is 4.96. The normalized spacial score (nSPS) is 14.1. The fourth-order valence-corrected chi connectivity index (χ4v) is 2.67. The lowest BCUT2D eigenvalue weighted by atomic mass is 9.98. The molecule has 0 amide bonds. The summed E-state index contributed by atoms with van der Waals surface area (Å²) in [5.41, 5.74) is 1.12. The van der Waals surface area contributed by atoms with Crippen LogP contribution in [0.5, 0.6) is 0 Å². The van der Waals surface area contributed by atoms with Crippen molar-refractivity contribution in [3.05, 3.63) is 21.9 Å².